The Morgan fingerprint density at radius 2 is 2.17 bits per heavy atom. The Balaban J connectivity index is 2.01. The van der Waals surface area contributed by atoms with E-state index in [4.69, 9.17) is 4.74 Å². The van der Waals surface area contributed by atoms with Gasteiger partial charge < -0.3 is 15.0 Å². The second-order valence-electron chi connectivity index (χ2n) is 6.15. The van der Waals surface area contributed by atoms with Crippen LogP contribution in [0.3, 0.4) is 0 Å². The van der Waals surface area contributed by atoms with E-state index in [2.05, 4.69) is 22.2 Å². The Hall–Kier alpha value is -2.21. The molecule has 0 saturated carbocycles. The number of fused-ring (bicyclic) bond motifs is 1. The molecule has 1 aliphatic heterocycles. The van der Waals surface area contributed by atoms with Crippen molar-refractivity contribution in [1.29, 1.82) is 0 Å². The van der Waals surface area contributed by atoms with Crippen LogP contribution in [0.5, 0.6) is 0 Å². The van der Waals surface area contributed by atoms with E-state index in [1.54, 1.807) is 13.0 Å². The standard InChI is InChI=1S/C18H22FN3O2/c1-3-24-18(23)15-11-20-16-5-4-12(19)10-14(16)17(15)21-13-6-8-22(2)9-7-13/h4-5,10-11,13H,3,6-9H2,1-2H3,(H,20,21). The highest BCUT2D eigenvalue weighted by atomic mass is 19.1. The molecule has 2 aromatic rings. The number of hydrogen-bond donors (Lipinski definition) is 1. The lowest BCUT2D eigenvalue weighted by atomic mass is 10.0. The Bertz CT molecular complexity index is 742. The molecule has 0 unspecified atom stereocenters. The molecule has 0 atom stereocenters. The zero-order valence-electron chi connectivity index (χ0n) is 14.0. The fourth-order valence-corrected chi connectivity index (χ4v) is 3.04. The topological polar surface area (TPSA) is 54.5 Å². The molecule has 128 valence electrons. The predicted molar refractivity (Wildman–Crippen MR) is 91.8 cm³/mol. The maximum absolute atomic E-state index is 13.7. The van der Waals surface area contributed by atoms with Gasteiger partial charge in [-0.3, -0.25) is 4.98 Å². The van der Waals surface area contributed by atoms with Crippen molar-refractivity contribution in [3.8, 4) is 0 Å². The van der Waals surface area contributed by atoms with Gasteiger partial charge >= 0.3 is 5.97 Å². The normalized spacial score (nSPS) is 16.3. The van der Waals surface area contributed by atoms with Crippen LogP contribution in [-0.2, 0) is 4.74 Å². The Morgan fingerprint density at radius 1 is 1.42 bits per heavy atom. The molecule has 24 heavy (non-hydrogen) atoms. The van der Waals surface area contributed by atoms with Gasteiger partial charge in [-0.1, -0.05) is 0 Å². The third kappa shape index (κ3) is 3.48. The fourth-order valence-electron chi connectivity index (χ4n) is 3.04. The van der Waals surface area contributed by atoms with Crippen molar-refractivity contribution >= 4 is 22.6 Å². The summed E-state index contributed by atoms with van der Waals surface area (Å²) in [7, 11) is 2.09. The number of benzene rings is 1. The number of aromatic nitrogens is 1. The molecule has 3 rings (SSSR count). The van der Waals surface area contributed by atoms with Gasteiger partial charge in [0.25, 0.3) is 0 Å². The maximum atomic E-state index is 13.7. The van der Waals surface area contributed by atoms with Crippen molar-refractivity contribution in [2.24, 2.45) is 0 Å². The van der Waals surface area contributed by atoms with Gasteiger partial charge in [0.15, 0.2) is 0 Å². The molecule has 2 heterocycles. The highest BCUT2D eigenvalue weighted by molar-refractivity contribution is 6.05. The number of esters is 1. The first-order valence-corrected chi connectivity index (χ1v) is 8.29. The lowest BCUT2D eigenvalue weighted by molar-refractivity contribution is 0.0527. The number of ether oxygens (including phenoxy) is 1. The summed E-state index contributed by atoms with van der Waals surface area (Å²) in [6.07, 6.45) is 3.45. The molecule has 1 aromatic carbocycles. The van der Waals surface area contributed by atoms with Crippen LogP contribution >= 0.6 is 0 Å². The number of carbonyl (C=O) groups is 1. The number of nitrogens with zero attached hydrogens (tertiary/aromatic N) is 2. The molecule has 1 aliphatic rings. The first kappa shape index (κ1) is 16.6. The van der Waals surface area contributed by atoms with Gasteiger partial charge in [0.1, 0.15) is 11.4 Å². The van der Waals surface area contributed by atoms with Gasteiger partial charge in [0.2, 0.25) is 0 Å². The molecule has 0 radical (unpaired) electrons. The highest BCUT2D eigenvalue weighted by Gasteiger charge is 2.22. The molecule has 5 nitrogen and oxygen atoms in total. The van der Waals surface area contributed by atoms with Crippen LogP contribution in [0.2, 0.25) is 0 Å². The van der Waals surface area contributed by atoms with E-state index in [0.717, 1.165) is 25.9 Å². The van der Waals surface area contributed by atoms with E-state index < -0.39 is 5.97 Å². The first-order chi connectivity index (χ1) is 11.6. The zero-order valence-corrected chi connectivity index (χ0v) is 14.0. The number of nitrogens with one attached hydrogen (secondary N) is 1. The molecule has 0 spiro atoms. The van der Waals surface area contributed by atoms with Crippen LogP contribution in [0.15, 0.2) is 24.4 Å². The van der Waals surface area contributed by atoms with E-state index in [1.165, 1.54) is 18.3 Å². The third-order valence-electron chi connectivity index (χ3n) is 4.39. The van der Waals surface area contributed by atoms with Crippen molar-refractivity contribution in [1.82, 2.24) is 9.88 Å². The van der Waals surface area contributed by atoms with Crippen LogP contribution in [0, 0.1) is 5.82 Å². The molecular formula is C18H22FN3O2. The maximum Gasteiger partial charge on any atom is 0.341 e. The van der Waals surface area contributed by atoms with E-state index in [1.807, 2.05) is 0 Å². The summed E-state index contributed by atoms with van der Waals surface area (Å²) in [5.41, 5.74) is 1.63. The monoisotopic (exact) mass is 331 g/mol. The number of halogens is 1. The average molecular weight is 331 g/mol. The van der Waals surface area contributed by atoms with Gasteiger partial charge in [-0.2, -0.15) is 0 Å². The molecule has 1 fully saturated rings. The van der Waals surface area contributed by atoms with Gasteiger partial charge in [0.05, 0.1) is 17.8 Å². The summed E-state index contributed by atoms with van der Waals surface area (Å²) < 4.78 is 18.9. The second kappa shape index (κ2) is 7.13. The van der Waals surface area contributed by atoms with Crippen molar-refractivity contribution < 1.29 is 13.9 Å². The number of piperidine rings is 1. The summed E-state index contributed by atoms with van der Waals surface area (Å²) in [6.45, 7) is 4.03. The number of pyridine rings is 1. The van der Waals surface area contributed by atoms with Crippen molar-refractivity contribution in [2.75, 3.05) is 32.1 Å². The molecule has 6 heteroatoms. The van der Waals surface area contributed by atoms with Crippen molar-refractivity contribution in [3.05, 3.63) is 35.8 Å². The highest BCUT2D eigenvalue weighted by Crippen LogP contribution is 2.29. The van der Waals surface area contributed by atoms with Gasteiger partial charge in [-0.25, -0.2) is 9.18 Å². The summed E-state index contributed by atoms with van der Waals surface area (Å²) in [5, 5.41) is 4.06. The lowest BCUT2D eigenvalue weighted by Gasteiger charge is -2.31. The van der Waals surface area contributed by atoms with Crippen LogP contribution in [-0.4, -0.2) is 48.6 Å². The van der Waals surface area contributed by atoms with Gasteiger partial charge in [0, 0.05) is 17.6 Å². The summed E-state index contributed by atoms with van der Waals surface area (Å²) in [5.74, 6) is -0.789. The van der Waals surface area contributed by atoms with Crippen molar-refractivity contribution in [2.45, 2.75) is 25.8 Å². The number of hydrogen-bond acceptors (Lipinski definition) is 5. The van der Waals surface area contributed by atoms with Crippen LogP contribution < -0.4 is 5.32 Å². The summed E-state index contributed by atoms with van der Waals surface area (Å²) >= 11 is 0. The second-order valence-corrected chi connectivity index (χ2v) is 6.15. The number of likely N-dealkylation sites (tertiary alicyclic amines) is 1. The van der Waals surface area contributed by atoms with E-state index in [-0.39, 0.29) is 18.5 Å². The summed E-state index contributed by atoms with van der Waals surface area (Å²) in [4.78, 5) is 18.8. The molecule has 1 N–H and O–H groups in total. The van der Waals surface area contributed by atoms with E-state index in [0.29, 0.717) is 22.2 Å². The average Bonchev–Trinajstić information content (AvgIpc) is 2.57. The minimum Gasteiger partial charge on any atom is -0.462 e. The smallest absolute Gasteiger partial charge is 0.341 e. The lowest BCUT2D eigenvalue weighted by Crippen LogP contribution is -2.37. The minimum absolute atomic E-state index is 0.239. The number of anilines is 1. The Kier molecular flexibility index (Phi) is 4.94. The molecule has 1 aromatic heterocycles. The molecule has 1 saturated heterocycles. The Morgan fingerprint density at radius 3 is 2.88 bits per heavy atom. The largest absolute Gasteiger partial charge is 0.462 e. The quantitative estimate of drug-likeness (QED) is 0.873. The van der Waals surface area contributed by atoms with Crippen LogP contribution in [0.4, 0.5) is 10.1 Å². The fraction of sp³-hybridized carbons (Fsp3) is 0.444. The van der Waals surface area contributed by atoms with E-state index >= 15 is 0 Å². The molecular weight excluding hydrogens is 309 g/mol. The van der Waals surface area contributed by atoms with Gasteiger partial charge in [-0.05, 0) is 58.1 Å². The summed E-state index contributed by atoms with van der Waals surface area (Å²) in [6, 6.07) is 4.66. The van der Waals surface area contributed by atoms with Crippen LogP contribution in [0.25, 0.3) is 10.9 Å². The third-order valence-corrected chi connectivity index (χ3v) is 4.39. The molecule has 0 amide bonds. The zero-order chi connectivity index (χ0) is 17.1. The number of rotatable bonds is 4. The van der Waals surface area contributed by atoms with Crippen LogP contribution in [0.1, 0.15) is 30.1 Å². The molecule has 0 bridgehead atoms. The first-order valence-electron chi connectivity index (χ1n) is 8.29. The van der Waals surface area contributed by atoms with Gasteiger partial charge in [-0.15, -0.1) is 0 Å². The van der Waals surface area contributed by atoms with Crippen molar-refractivity contribution in [3.63, 3.8) is 0 Å². The Labute approximate surface area is 140 Å². The molecule has 0 aliphatic carbocycles. The minimum atomic E-state index is -0.438. The predicted octanol–water partition coefficient (Wildman–Crippen LogP) is 3.06. The SMILES string of the molecule is CCOC(=O)c1cnc2ccc(F)cc2c1NC1CCN(C)CC1. The number of carbonyl (C=O) groups excluding carboxylic acids is 1. The van der Waals surface area contributed by atoms with E-state index in [9.17, 15) is 9.18 Å².